The average Bonchev–Trinajstić information content (AvgIpc) is 2.38. The number of para-hydroxylation sites is 1. The Balaban J connectivity index is 2.70. The highest BCUT2D eigenvalue weighted by atomic mass is 16.6. The Bertz CT molecular complexity index is 480. The van der Waals surface area contributed by atoms with Gasteiger partial charge in [0.25, 0.3) is 0 Å². The van der Waals surface area contributed by atoms with Gasteiger partial charge in [0.2, 0.25) is 5.91 Å². The quantitative estimate of drug-likeness (QED) is 0.928. The van der Waals surface area contributed by atoms with E-state index in [9.17, 15) is 9.59 Å². The van der Waals surface area contributed by atoms with E-state index in [4.69, 9.17) is 4.74 Å². The molecule has 1 aromatic carbocycles. The van der Waals surface area contributed by atoms with Gasteiger partial charge in [0, 0.05) is 12.2 Å². The molecule has 1 N–H and O–H groups in total. The van der Waals surface area contributed by atoms with E-state index in [1.165, 1.54) is 0 Å². The summed E-state index contributed by atoms with van der Waals surface area (Å²) in [4.78, 5) is 25.8. The van der Waals surface area contributed by atoms with Gasteiger partial charge in [0.15, 0.2) is 0 Å². The molecule has 0 saturated carbocycles. The number of carbonyl (C=O) groups is 2. The first-order chi connectivity index (χ1) is 9.74. The number of ether oxygens (including phenoxy) is 1. The molecule has 0 aliphatic rings. The molecule has 116 valence electrons. The molecule has 0 unspecified atom stereocenters. The zero-order chi connectivity index (χ0) is 16.0. The zero-order valence-electron chi connectivity index (χ0n) is 13.3. The number of alkyl carbamates (subject to hydrolysis) is 1. The summed E-state index contributed by atoms with van der Waals surface area (Å²) in [7, 11) is 0. The highest BCUT2D eigenvalue weighted by Crippen LogP contribution is 2.14. The summed E-state index contributed by atoms with van der Waals surface area (Å²) >= 11 is 0. The second-order valence-corrected chi connectivity index (χ2v) is 5.79. The first-order valence-electron chi connectivity index (χ1n) is 7.10. The van der Waals surface area contributed by atoms with Crippen molar-refractivity contribution < 1.29 is 14.3 Å². The van der Waals surface area contributed by atoms with Crippen LogP contribution in [0.25, 0.3) is 0 Å². The summed E-state index contributed by atoms with van der Waals surface area (Å²) in [5, 5.41) is 2.57. The van der Waals surface area contributed by atoms with Crippen molar-refractivity contribution in [2.45, 2.75) is 46.3 Å². The van der Waals surface area contributed by atoms with E-state index in [2.05, 4.69) is 5.32 Å². The van der Waals surface area contributed by atoms with E-state index in [-0.39, 0.29) is 5.91 Å². The molecule has 0 fully saturated rings. The lowest BCUT2D eigenvalue weighted by Gasteiger charge is -2.26. The summed E-state index contributed by atoms with van der Waals surface area (Å²) < 4.78 is 5.16. The maximum absolute atomic E-state index is 12.4. The van der Waals surface area contributed by atoms with E-state index in [0.29, 0.717) is 6.54 Å². The van der Waals surface area contributed by atoms with Gasteiger partial charge in [0.05, 0.1) is 0 Å². The molecule has 0 spiro atoms. The lowest BCUT2D eigenvalue weighted by atomic mass is 10.2. The maximum Gasteiger partial charge on any atom is 0.408 e. The fourth-order valence-corrected chi connectivity index (χ4v) is 1.85. The van der Waals surface area contributed by atoms with Crippen molar-refractivity contribution in [2.24, 2.45) is 0 Å². The molecule has 21 heavy (non-hydrogen) atoms. The minimum absolute atomic E-state index is 0.172. The Morgan fingerprint density at radius 2 is 1.81 bits per heavy atom. The molecule has 0 saturated heterocycles. The van der Waals surface area contributed by atoms with Crippen LogP contribution in [-0.2, 0) is 9.53 Å². The lowest BCUT2D eigenvalue weighted by Crippen LogP contribution is -2.48. The van der Waals surface area contributed by atoms with Crippen LogP contribution < -0.4 is 10.2 Å². The van der Waals surface area contributed by atoms with Crippen LogP contribution in [-0.4, -0.2) is 30.2 Å². The Hall–Kier alpha value is -2.04. The maximum atomic E-state index is 12.4. The summed E-state index contributed by atoms with van der Waals surface area (Å²) in [6.45, 7) is 9.41. The molecule has 0 aromatic heterocycles. The Kier molecular flexibility index (Phi) is 5.76. The lowest BCUT2D eigenvalue weighted by molar-refractivity contribution is -0.120. The summed E-state index contributed by atoms with van der Waals surface area (Å²) in [5.74, 6) is -0.172. The molecule has 5 heteroatoms. The SMILES string of the molecule is CCN(C(=O)[C@@H](C)NC(=O)OC(C)(C)C)c1ccccc1. The van der Waals surface area contributed by atoms with Crippen LogP contribution in [0.5, 0.6) is 0 Å². The third kappa shape index (κ3) is 5.45. The number of hydrogen-bond donors (Lipinski definition) is 1. The molecule has 1 atom stereocenters. The fourth-order valence-electron chi connectivity index (χ4n) is 1.85. The van der Waals surface area contributed by atoms with Crippen LogP contribution in [0.4, 0.5) is 10.5 Å². The predicted octanol–water partition coefficient (Wildman–Crippen LogP) is 2.95. The summed E-state index contributed by atoms with van der Waals surface area (Å²) in [6.07, 6.45) is -0.590. The van der Waals surface area contributed by atoms with Gasteiger partial charge in [-0.3, -0.25) is 4.79 Å². The van der Waals surface area contributed by atoms with E-state index < -0.39 is 17.7 Å². The van der Waals surface area contributed by atoms with Crippen LogP contribution in [0.2, 0.25) is 0 Å². The second-order valence-electron chi connectivity index (χ2n) is 5.79. The highest BCUT2D eigenvalue weighted by Gasteiger charge is 2.24. The molecule has 0 radical (unpaired) electrons. The van der Waals surface area contributed by atoms with Crippen molar-refractivity contribution in [1.82, 2.24) is 5.32 Å². The first kappa shape index (κ1) is 17.0. The molecular weight excluding hydrogens is 268 g/mol. The van der Waals surface area contributed by atoms with E-state index in [1.807, 2.05) is 37.3 Å². The third-order valence-electron chi connectivity index (χ3n) is 2.75. The van der Waals surface area contributed by atoms with Gasteiger partial charge in [-0.25, -0.2) is 4.79 Å². The van der Waals surface area contributed by atoms with Gasteiger partial charge in [0.1, 0.15) is 11.6 Å². The molecule has 0 aliphatic carbocycles. The molecule has 5 nitrogen and oxygen atoms in total. The van der Waals surface area contributed by atoms with E-state index in [0.717, 1.165) is 5.69 Å². The molecule has 0 bridgehead atoms. The van der Waals surface area contributed by atoms with Crippen LogP contribution in [0.1, 0.15) is 34.6 Å². The van der Waals surface area contributed by atoms with Crippen molar-refractivity contribution in [3.63, 3.8) is 0 Å². The Morgan fingerprint density at radius 3 is 2.29 bits per heavy atom. The fraction of sp³-hybridized carbons (Fsp3) is 0.500. The second kappa shape index (κ2) is 7.11. The number of nitrogens with zero attached hydrogens (tertiary/aromatic N) is 1. The highest BCUT2D eigenvalue weighted by molar-refractivity contribution is 5.98. The van der Waals surface area contributed by atoms with Crippen LogP contribution in [0.3, 0.4) is 0 Å². The third-order valence-corrected chi connectivity index (χ3v) is 2.75. The van der Waals surface area contributed by atoms with Crippen molar-refractivity contribution in [3.8, 4) is 0 Å². The number of hydrogen-bond acceptors (Lipinski definition) is 3. The van der Waals surface area contributed by atoms with Gasteiger partial charge in [-0.1, -0.05) is 18.2 Å². The summed E-state index contributed by atoms with van der Waals surface area (Å²) in [5.41, 5.74) is 0.222. The minimum atomic E-state index is -0.653. The van der Waals surface area contributed by atoms with Gasteiger partial charge < -0.3 is 15.0 Å². The first-order valence-corrected chi connectivity index (χ1v) is 7.10. The molecule has 1 aromatic rings. The number of amides is 2. The number of anilines is 1. The number of carbonyl (C=O) groups excluding carboxylic acids is 2. The largest absolute Gasteiger partial charge is 0.444 e. The molecule has 2 amide bonds. The number of likely N-dealkylation sites (N-methyl/N-ethyl adjacent to an activating group) is 1. The Labute approximate surface area is 126 Å². The van der Waals surface area contributed by atoms with Crippen molar-refractivity contribution >= 4 is 17.7 Å². The smallest absolute Gasteiger partial charge is 0.408 e. The minimum Gasteiger partial charge on any atom is -0.444 e. The topological polar surface area (TPSA) is 58.6 Å². The summed E-state index contributed by atoms with van der Waals surface area (Å²) in [6, 6.07) is 8.71. The van der Waals surface area contributed by atoms with Crippen molar-refractivity contribution in [3.05, 3.63) is 30.3 Å². The van der Waals surface area contributed by atoms with Crippen molar-refractivity contribution in [1.29, 1.82) is 0 Å². The normalized spacial score (nSPS) is 12.4. The zero-order valence-corrected chi connectivity index (χ0v) is 13.3. The molecular formula is C16H24N2O3. The Morgan fingerprint density at radius 1 is 1.24 bits per heavy atom. The van der Waals surface area contributed by atoms with Gasteiger partial charge in [-0.05, 0) is 46.8 Å². The van der Waals surface area contributed by atoms with Gasteiger partial charge >= 0.3 is 6.09 Å². The molecule has 0 heterocycles. The average molecular weight is 292 g/mol. The van der Waals surface area contributed by atoms with E-state index >= 15 is 0 Å². The van der Waals surface area contributed by atoms with Gasteiger partial charge in [-0.15, -0.1) is 0 Å². The number of benzene rings is 1. The molecule has 0 aliphatic heterocycles. The van der Waals surface area contributed by atoms with E-state index in [1.54, 1.807) is 32.6 Å². The number of nitrogens with one attached hydrogen (secondary N) is 1. The van der Waals surface area contributed by atoms with Crippen LogP contribution in [0, 0.1) is 0 Å². The number of rotatable bonds is 4. The van der Waals surface area contributed by atoms with Crippen molar-refractivity contribution in [2.75, 3.05) is 11.4 Å². The van der Waals surface area contributed by atoms with Crippen LogP contribution >= 0.6 is 0 Å². The standard InChI is InChI=1S/C16H24N2O3/c1-6-18(13-10-8-7-9-11-13)14(19)12(2)17-15(20)21-16(3,4)5/h7-12H,6H2,1-5H3,(H,17,20)/t12-/m1/s1. The predicted molar refractivity (Wildman–Crippen MR) is 83.3 cm³/mol. The van der Waals surface area contributed by atoms with Gasteiger partial charge in [-0.2, -0.15) is 0 Å². The van der Waals surface area contributed by atoms with Crippen LogP contribution in [0.15, 0.2) is 30.3 Å². The monoisotopic (exact) mass is 292 g/mol. The molecule has 1 rings (SSSR count).